The number of aryl methyl sites for hydroxylation is 4. The predicted molar refractivity (Wildman–Crippen MR) is 261 cm³/mol. The van der Waals surface area contributed by atoms with Gasteiger partial charge in [-0.3, -0.25) is 28.8 Å². The topological polar surface area (TPSA) is 284 Å². The van der Waals surface area contributed by atoms with Gasteiger partial charge in [-0.05, 0) is 73.7 Å². The molecule has 9 heterocycles. The molecule has 4 N–H and O–H groups in total. The third kappa shape index (κ3) is 10.3. The summed E-state index contributed by atoms with van der Waals surface area (Å²) in [5, 5.41) is 37.7. The van der Waals surface area contributed by atoms with Crippen molar-refractivity contribution in [3.05, 3.63) is 125 Å². The summed E-state index contributed by atoms with van der Waals surface area (Å²) in [5.74, 6) is 0.494. The molecule has 2 amide bonds. The van der Waals surface area contributed by atoms with E-state index in [4.69, 9.17) is 9.47 Å². The van der Waals surface area contributed by atoms with Crippen molar-refractivity contribution < 1.29 is 33.9 Å². The van der Waals surface area contributed by atoms with Crippen LogP contribution >= 0.6 is 11.3 Å². The number of fused-ring (bicyclic) bond motifs is 3. The fourth-order valence-electron chi connectivity index (χ4n) is 8.31. The van der Waals surface area contributed by atoms with E-state index in [1.54, 1.807) is 46.3 Å². The molecule has 0 aromatic carbocycles. The smallest absolute Gasteiger partial charge is 0.422 e. The Kier molecular flexibility index (Phi) is 14.3. The number of nitrogens with zero attached hydrogens (tertiary/aromatic N) is 11. The van der Waals surface area contributed by atoms with Crippen molar-refractivity contribution in [1.82, 2.24) is 54.1 Å². The zero-order valence-electron chi connectivity index (χ0n) is 38.5. The number of carbonyl (C=O) groups excluding carboxylic acids is 3. The number of pyridine rings is 3. The van der Waals surface area contributed by atoms with Crippen molar-refractivity contribution in [2.45, 2.75) is 25.7 Å². The normalized spacial score (nSPS) is 14.5. The van der Waals surface area contributed by atoms with Crippen LogP contribution in [0.4, 0.5) is 23.0 Å². The maximum absolute atomic E-state index is 13.6. The summed E-state index contributed by atoms with van der Waals surface area (Å²) in [6, 6.07) is 10.8. The van der Waals surface area contributed by atoms with E-state index in [2.05, 4.69) is 40.9 Å². The largest absolute Gasteiger partial charge is 0.510 e. The van der Waals surface area contributed by atoms with Crippen LogP contribution in [-0.4, -0.2) is 142 Å². The van der Waals surface area contributed by atoms with Crippen molar-refractivity contribution in [3.63, 3.8) is 0 Å². The number of nitrogens with one attached hydrogen (secondary N) is 2. The van der Waals surface area contributed by atoms with Crippen molar-refractivity contribution in [2.75, 3.05) is 63.2 Å². The third-order valence-electron chi connectivity index (χ3n) is 12.0. The Bertz CT molecular complexity index is 3330. The van der Waals surface area contributed by atoms with E-state index in [1.165, 1.54) is 66.6 Å². The molecule has 364 valence electrons. The second-order valence-corrected chi connectivity index (χ2v) is 17.7. The highest BCUT2D eigenvalue weighted by Crippen LogP contribution is 2.35. The van der Waals surface area contributed by atoms with Crippen LogP contribution in [0.25, 0.3) is 27.2 Å². The Labute approximate surface area is 407 Å². The first-order valence-electron chi connectivity index (χ1n) is 22.6. The molecule has 0 unspecified atom stereocenters. The number of rotatable bonds is 10. The average molecular weight is 984 g/mol. The number of ether oxygens (including phenoxy) is 2. The van der Waals surface area contributed by atoms with E-state index < -0.39 is 18.2 Å². The van der Waals surface area contributed by atoms with Crippen LogP contribution in [0.1, 0.15) is 54.4 Å². The molecule has 0 bridgehead atoms. The number of anilines is 4. The fraction of sp³-hybridized carbons (Fsp3) is 0.304. The van der Waals surface area contributed by atoms with Crippen LogP contribution in [-0.2, 0) is 36.4 Å². The van der Waals surface area contributed by atoms with Gasteiger partial charge in [-0.2, -0.15) is 20.0 Å². The van der Waals surface area contributed by atoms with Gasteiger partial charge in [-0.1, -0.05) is 0 Å². The zero-order chi connectivity index (χ0) is 49.8. The Morgan fingerprint density at radius 2 is 1.31 bits per heavy atom. The highest BCUT2D eigenvalue weighted by atomic mass is 32.1. The van der Waals surface area contributed by atoms with E-state index in [9.17, 15) is 38.8 Å². The number of hydrogen-bond donors (Lipinski definition) is 4. The van der Waals surface area contributed by atoms with Crippen LogP contribution in [0, 0.1) is 0 Å². The summed E-state index contributed by atoms with van der Waals surface area (Å²) in [5.41, 5.74) is 1.77. The van der Waals surface area contributed by atoms with Gasteiger partial charge in [0.2, 0.25) is 0 Å². The Morgan fingerprint density at radius 3 is 1.87 bits per heavy atom. The Morgan fingerprint density at radius 1 is 0.732 bits per heavy atom. The van der Waals surface area contributed by atoms with Crippen LogP contribution in [0.5, 0.6) is 0 Å². The van der Waals surface area contributed by atoms with Crippen LogP contribution in [0.2, 0.25) is 0 Å². The monoisotopic (exact) mass is 983 g/mol. The lowest BCUT2D eigenvalue weighted by molar-refractivity contribution is 0.0301. The summed E-state index contributed by atoms with van der Waals surface area (Å²) in [6.07, 6.45) is 10.7. The van der Waals surface area contributed by atoms with E-state index >= 15 is 0 Å². The minimum atomic E-state index is -1.80. The molecular weight excluding hydrogens is 937 g/mol. The number of carbonyl (C=O) groups is 3. The summed E-state index contributed by atoms with van der Waals surface area (Å²) in [6.45, 7) is 4.14. The van der Waals surface area contributed by atoms with E-state index in [0.29, 0.717) is 97.6 Å². The zero-order valence-corrected chi connectivity index (χ0v) is 39.3. The second-order valence-electron chi connectivity index (χ2n) is 16.6. The highest BCUT2D eigenvalue weighted by molar-refractivity contribution is 7.19. The standard InChI is InChI=1S/C31H28N8O5S.C15H18BN5O5/c1-37-30(42)24(35-26-7-6-18(15-33-26)29(41)38-10-12-44-13-11-38)14-23(36-37)19-8-9-32-28(22(19)17-40)39-31(43)27-21(16-34-39)20-4-2-3-5-25(20)45-27;1-20-15(23)11(8-12(19-20)16(24)25)18-13-3-2-10(9-17-13)14(22)21-4-6-26-7-5-21/h6-9,14-17H,2-5,10-13H2,1H3,(H,33,35);2-3,8-9,24-25H,4-7H2,1H3,(H,17,18). The number of hydrogen-bond acceptors (Lipinski definition) is 19. The van der Waals surface area contributed by atoms with Crippen LogP contribution in [0.3, 0.4) is 0 Å². The van der Waals surface area contributed by atoms with Gasteiger partial charge < -0.3 is 40.0 Å². The predicted octanol–water partition coefficient (Wildman–Crippen LogP) is 0.976. The molecule has 2 aliphatic heterocycles. The molecule has 2 saturated heterocycles. The van der Waals surface area contributed by atoms with Gasteiger partial charge in [0.1, 0.15) is 27.7 Å². The minimum absolute atomic E-state index is 0.0753. The van der Waals surface area contributed by atoms with E-state index in [-0.39, 0.29) is 45.7 Å². The summed E-state index contributed by atoms with van der Waals surface area (Å²) in [4.78, 5) is 93.9. The molecule has 0 atom stereocenters. The fourth-order valence-corrected chi connectivity index (χ4v) is 9.60. The molecule has 7 aromatic heterocycles. The van der Waals surface area contributed by atoms with Gasteiger partial charge >= 0.3 is 7.12 Å². The maximum Gasteiger partial charge on any atom is 0.510 e. The molecule has 7 aromatic rings. The number of thiophene rings is 1. The highest BCUT2D eigenvalue weighted by Gasteiger charge is 2.24. The molecular formula is C46H46BN13O10S. The van der Waals surface area contributed by atoms with Crippen molar-refractivity contribution in [3.8, 4) is 17.1 Å². The van der Waals surface area contributed by atoms with Crippen molar-refractivity contribution in [2.24, 2.45) is 14.1 Å². The third-order valence-corrected chi connectivity index (χ3v) is 13.3. The SMILES string of the molecule is Cn1nc(-c2ccnc(-n3ncc4c5c(sc4c3=O)CCCC5)c2C=O)cc(Nc2ccc(C(=O)N3CCOCC3)cn2)c1=O.Cn1nc(B(O)O)cc(Nc2ccc(C(=O)N3CCOCC3)cn2)c1=O. The lowest BCUT2D eigenvalue weighted by Crippen LogP contribution is -2.40. The molecule has 25 heteroatoms. The minimum Gasteiger partial charge on any atom is -0.422 e. The molecule has 0 radical (unpaired) electrons. The first-order chi connectivity index (χ1) is 34.4. The van der Waals surface area contributed by atoms with Gasteiger partial charge in [0, 0.05) is 74.7 Å². The van der Waals surface area contributed by atoms with Gasteiger partial charge in [-0.15, -0.1) is 11.3 Å². The van der Waals surface area contributed by atoms with E-state index in [0.717, 1.165) is 45.1 Å². The van der Waals surface area contributed by atoms with Gasteiger partial charge in [-0.25, -0.2) is 24.3 Å². The number of aldehydes is 1. The molecule has 0 spiro atoms. The van der Waals surface area contributed by atoms with Gasteiger partial charge in [0.25, 0.3) is 28.5 Å². The average Bonchev–Trinajstić information content (AvgIpc) is 3.79. The summed E-state index contributed by atoms with van der Waals surface area (Å²) in [7, 11) is 1.09. The van der Waals surface area contributed by atoms with E-state index in [1.807, 2.05) is 0 Å². The van der Waals surface area contributed by atoms with Crippen molar-refractivity contribution in [1.29, 1.82) is 0 Å². The second kappa shape index (κ2) is 21.0. The number of aromatic nitrogens is 9. The number of amides is 2. The molecule has 23 nitrogen and oxygen atoms in total. The number of morpholine rings is 2. The van der Waals surface area contributed by atoms with Gasteiger partial charge in [0.15, 0.2) is 12.1 Å². The molecule has 2 fully saturated rings. The maximum atomic E-state index is 13.6. The van der Waals surface area contributed by atoms with Crippen molar-refractivity contribution >= 4 is 75.2 Å². The lowest BCUT2D eigenvalue weighted by atomic mass is 9.86. The Hall–Kier alpha value is -7.84. The van der Waals surface area contributed by atoms with Gasteiger partial charge in [0.05, 0.1) is 60.6 Å². The molecule has 3 aliphatic rings. The summed E-state index contributed by atoms with van der Waals surface area (Å²) < 4.78 is 14.4. The quantitative estimate of drug-likeness (QED) is 0.110. The van der Waals surface area contributed by atoms with Crippen LogP contribution in [0.15, 0.2) is 81.6 Å². The molecule has 1 aliphatic carbocycles. The molecule has 10 rings (SSSR count). The first-order valence-corrected chi connectivity index (χ1v) is 23.4. The molecule has 71 heavy (non-hydrogen) atoms. The summed E-state index contributed by atoms with van der Waals surface area (Å²) >= 11 is 1.48. The first kappa shape index (κ1) is 48.2. The van der Waals surface area contributed by atoms with Crippen LogP contribution < -0.4 is 32.9 Å². The Balaban J connectivity index is 0.000000204. The molecule has 0 saturated carbocycles. The lowest BCUT2D eigenvalue weighted by Gasteiger charge is -2.26.